The summed E-state index contributed by atoms with van der Waals surface area (Å²) in [6.45, 7) is 4.96. The molecule has 0 radical (unpaired) electrons. The van der Waals surface area contributed by atoms with Crippen molar-refractivity contribution in [2.45, 2.75) is 70.5 Å². The molecule has 5 rings (SSSR count). The average Bonchev–Trinajstić information content (AvgIpc) is 3.13. The summed E-state index contributed by atoms with van der Waals surface area (Å²) in [6.07, 6.45) is -2.08. The third-order valence-corrected chi connectivity index (χ3v) is 9.44. The molecule has 9 heteroatoms. The van der Waals surface area contributed by atoms with E-state index in [1.165, 1.54) is 0 Å². The van der Waals surface area contributed by atoms with Gasteiger partial charge in [0.15, 0.2) is 6.29 Å². The van der Waals surface area contributed by atoms with Crippen molar-refractivity contribution in [3.8, 4) is 11.1 Å². The molecule has 0 spiro atoms. The lowest BCUT2D eigenvalue weighted by Gasteiger charge is -2.43. The second-order valence-electron chi connectivity index (χ2n) is 12.8. The zero-order chi connectivity index (χ0) is 34.9. The van der Waals surface area contributed by atoms with Crippen LogP contribution >= 0.6 is 0 Å². The van der Waals surface area contributed by atoms with Crippen LogP contribution in [0.25, 0.3) is 11.1 Å². The summed E-state index contributed by atoms with van der Waals surface area (Å²) in [4.78, 5) is 25.1. The minimum absolute atomic E-state index is 0.0170. The number of hydrogen-bond acceptors (Lipinski definition) is 7. The van der Waals surface area contributed by atoms with Crippen molar-refractivity contribution in [1.82, 2.24) is 10.2 Å². The van der Waals surface area contributed by atoms with Crippen LogP contribution in [0.1, 0.15) is 73.0 Å². The first kappa shape index (κ1) is 35.9. The Labute approximate surface area is 288 Å². The van der Waals surface area contributed by atoms with Gasteiger partial charge in [0.25, 0.3) is 0 Å². The number of carbonyl (C=O) groups is 2. The number of rotatable bonds is 14. The number of aliphatic carboxylic acids is 1. The predicted octanol–water partition coefficient (Wildman–Crippen LogP) is 6.17. The van der Waals surface area contributed by atoms with Crippen molar-refractivity contribution >= 4 is 11.9 Å². The topological polar surface area (TPSA) is 129 Å². The van der Waals surface area contributed by atoms with E-state index in [0.717, 1.165) is 38.9 Å². The molecule has 0 unspecified atom stereocenters. The van der Waals surface area contributed by atoms with E-state index in [1.54, 1.807) is 0 Å². The Kier molecular flexibility index (Phi) is 12.3. The van der Waals surface area contributed by atoms with Crippen LogP contribution in [0.4, 0.5) is 0 Å². The van der Waals surface area contributed by atoms with E-state index in [1.807, 2.05) is 117 Å². The fraction of sp³-hybridized carbons (Fsp3) is 0.350. The van der Waals surface area contributed by atoms with Gasteiger partial charge in [-0.2, -0.15) is 0 Å². The zero-order valence-electron chi connectivity index (χ0n) is 28.2. The summed E-state index contributed by atoms with van der Waals surface area (Å²) in [5.74, 6) is -1.33. The van der Waals surface area contributed by atoms with Crippen molar-refractivity contribution in [2.24, 2.45) is 5.92 Å². The second-order valence-corrected chi connectivity index (χ2v) is 12.8. The first-order chi connectivity index (χ1) is 23.6. The van der Waals surface area contributed by atoms with Crippen LogP contribution in [0.3, 0.4) is 0 Å². The van der Waals surface area contributed by atoms with Gasteiger partial charge in [-0.1, -0.05) is 110 Å². The summed E-state index contributed by atoms with van der Waals surface area (Å²) in [5, 5.41) is 32.4. The maximum absolute atomic E-state index is 12.2. The summed E-state index contributed by atoms with van der Waals surface area (Å²) in [5.41, 5.74) is 6.38. The van der Waals surface area contributed by atoms with Crippen LogP contribution < -0.4 is 5.32 Å². The summed E-state index contributed by atoms with van der Waals surface area (Å²) < 4.78 is 13.4. The van der Waals surface area contributed by atoms with E-state index in [0.29, 0.717) is 6.54 Å². The molecule has 1 saturated heterocycles. The third-order valence-electron chi connectivity index (χ3n) is 9.44. The molecule has 0 bridgehead atoms. The van der Waals surface area contributed by atoms with Gasteiger partial charge in [-0.05, 0) is 47.4 Å². The van der Waals surface area contributed by atoms with Crippen LogP contribution in [0.2, 0.25) is 0 Å². The number of carbonyl (C=O) groups excluding carboxylic acids is 1. The Hall–Kier alpha value is -4.38. The molecule has 258 valence electrons. The molecule has 4 aromatic rings. The number of aliphatic hydroxyl groups excluding tert-OH is 2. The van der Waals surface area contributed by atoms with E-state index in [4.69, 9.17) is 14.6 Å². The standard InChI is InChI=1S/C40H46N2O7/c1-26-35(24-42(3)27(2)38(47)30-9-5-4-6-10-30)48-40(49-39(26)31-15-13-28(25-43)14-16-31)32-19-17-29(18-20-32)34-12-8-7-11-33(34)23-41-36(44)21-22-37(45)46/h4-20,26-27,35,38-40,43,47H,21-25H2,1-3H3,(H,41,44)(H,45,46)/t26-,27-,35+,38-,39+,40+/m0/s1. The normalized spacial score (nSPS) is 20.4. The zero-order valence-corrected chi connectivity index (χ0v) is 28.2. The number of nitrogens with zero attached hydrogens (tertiary/aromatic N) is 1. The molecule has 1 heterocycles. The van der Waals surface area contributed by atoms with Crippen molar-refractivity contribution in [1.29, 1.82) is 0 Å². The molecule has 0 aliphatic carbocycles. The molecule has 4 aromatic carbocycles. The lowest BCUT2D eigenvalue weighted by atomic mass is 9.89. The van der Waals surface area contributed by atoms with Crippen molar-refractivity contribution in [3.63, 3.8) is 0 Å². The molecule has 4 N–H and O–H groups in total. The molecular weight excluding hydrogens is 620 g/mol. The van der Waals surface area contributed by atoms with Gasteiger partial charge >= 0.3 is 5.97 Å². The highest BCUT2D eigenvalue weighted by Crippen LogP contribution is 2.42. The SMILES string of the molecule is C[C@H]1[C@@H](CN(C)[C@@H](C)[C@H](O)c2ccccc2)O[C@@H](c2ccc(-c3ccccc3CNC(=O)CCC(=O)O)cc2)O[C@H]1c1ccc(CO)cc1. The van der Waals surface area contributed by atoms with E-state index in [-0.39, 0.29) is 56.1 Å². The van der Waals surface area contributed by atoms with Crippen molar-refractivity contribution < 1.29 is 34.4 Å². The molecule has 49 heavy (non-hydrogen) atoms. The number of carboxylic acid groups (broad SMARTS) is 1. The highest BCUT2D eigenvalue weighted by Gasteiger charge is 2.39. The van der Waals surface area contributed by atoms with Gasteiger partial charge < -0.3 is 30.1 Å². The number of amides is 1. The number of aliphatic hydroxyl groups is 2. The second kappa shape index (κ2) is 16.8. The molecule has 0 aromatic heterocycles. The van der Waals surface area contributed by atoms with E-state index < -0.39 is 18.4 Å². The van der Waals surface area contributed by atoms with Gasteiger partial charge in [-0.15, -0.1) is 0 Å². The lowest BCUT2D eigenvalue weighted by molar-refractivity contribution is -0.276. The molecule has 6 atom stereocenters. The number of nitrogens with one attached hydrogen (secondary N) is 1. The summed E-state index contributed by atoms with van der Waals surface area (Å²) in [7, 11) is 2.00. The summed E-state index contributed by atoms with van der Waals surface area (Å²) in [6, 6.07) is 33.1. The molecule has 9 nitrogen and oxygen atoms in total. The van der Waals surface area contributed by atoms with Gasteiger partial charge in [0.2, 0.25) is 5.91 Å². The Morgan fingerprint density at radius 2 is 1.51 bits per heavy atom. The van der Waals surface area contributed by atoms with Crippen LogP contribution in [-0.4, -0.2) is 57.8 Å². The Morgan fingerprint density at radius 1 is 0.857 bits per heavy atom. The highest BCUT2D eigenvalue weighted by atomic mass is 16.7. The molecule has 1 aliphatic rings. The van der Waals surface area contributed by atoms with Crippen molar-refractivity contribution in [2.75, 3.05) is 13.6 Å². The first-order valence-electron chi connectivity index (χ1n) is 16.7. The number of benzene rings is 4. The first-order valence-corrected chi connectivity index (χ1v) is 16.7. The number of hydrogen-bond donors (Lipinski definition) is 4. The number of ether oxygens (including phenoxy) is 2. The van der Waals surface area contributed by atoms with Crippen molar-refractivity contribution in [3.05, 3.63) is 131 Å². The largest absolute Gasteiger partial charge is 0.481 e. The van der Waals surface area contributed by atoms with Gasteiger partial charge in [-0.3, -0.25) is 14.5 Å². The van der Waals surface area contributed by atoms with E-state index in [2.05, 4.69) is 17.1 Å². The minimum Gasteiger partial charge on any atom is -0.481 e. The third kappa shape index (κ3) is 9.20. The highest BCUT2D eigenvalue weighted by molar-refractivity contribution is 5.80. The molecule has 1 aliphatic heterocycles. The van der Waals surface area contributed by atoms with E-state index in [9.17, 15) is 19.8 Å². The Morgan fingerprint density at radius 3 is 2.18 bits per heavy atom. The molecule has 1 fully saturated rings. The van der Waals surface area contributed by atoms with Gasteiger partial charge in [0, 0.05) is 37.0 Å². The maximum Gasteiger partial charge on any atom is 0.303 e. The van der Waals surface area contributed by atoms with Crippen LogP contribution in [-0.2, 0) is 32.2 Å². The number of likely N-dealkylation sites (N-methyl/N-ethyl adjacent to an activating group) is 1. The maximum atomic E-state index is 12.2. The molecular formula is C40H46N2O7. The van der Waals surface area contributed by atoms with Crippen LogP contribution in [0.5, 0.6) is 0 Å². The fourth-order valence-electron chi connectivity index (χ4n) is 6.23. The van der Waals surface area contributed by atoms with Crippen LogP contribution in [0, 0.1) is 5.92 Å². The average molecular weight is 667 g/mol. The minimum atomic E-state index is -1.00. The molecule has 1 amide bonds. The smallest absolute Gasteiger partial charge is 0.303 e. The lowest BCUT2D eigenvalue weighted by Crippen LogP contribution is -2.46. The Bertz CT molecular complexity index is 1660. The Balaban J connectivity index is 1.35. The summed E-state index contributed by atoms with van der Waals surface area (Å²) >= 11 is 0. The van der Waals surface area contributed by atoms with Gasteiger partial charge in [-0.25, -0.2) is 0 Å². The quantitative estimate of drug-likeness (QED) is 0.126. The van der Waals surface area contributed by atoms with Gasteiger partial charge in [0.1, 0.15) is 0 Å². The molecule has 0 saturated carbocycles. The van der Waals surface area contributed by atoms with Crippen LogP contribution in [0.15, 0.2) is 103 Å². The van der Waals surface area contributed by atoms with E-state index >= 15 is 0 Å². The fourth-order valence-corrected chi connectivity index (χ4v) is 6.23. The number of carboxylic acids is 1. The van der Waals surface area contributed by atoms with Gasteiger partial charge in [0.05, 0.1) is 31.3 Å². The monoisotopic (exact) mass is 666 g/mol. The predicted molar refractivity (Wildman–Crippen MR) is 187 cm³/mol.